The zero-order chi connectivity index (χ0) is 16.8. The average molecular weight is 332 g/mol. The molecule has 1 rings (SSSR count). The van der Waals surface area contributed by atoms with Gasteiger partial charge in [0.25, 0.3) is 0 Å². The SMILES string of the molecule is C=CC(=O)OC(COC(F)(F)C(F)(F)F)CC1CCOCC1. The second kappa shape index (κ2) is 7.87. The number of hydrogen-bond acceptors (Lipinski definition) is 4. The van der Waals surface area contributed by atoms with Crippen molar-refractivity contribution < 1.29 is 41.0 Å². The maximum absolute atomic E-state index is 12.8. The van der Waals surface area contributed by atoms with Gasteiger partial charge in [0, 0.05) is 19.3 Å². The van der Waals surface area contributed by atoms with Crippen LogP contribution in [0, 0.1) is 5.92 Å². The molecule has 128 valence electrons. The van der Waals surface area contributed by atoms with Gasteiger partial charge in [-0.05, 0) is 25.2 Å². The molecule has 0 aliphatic carbocycles. The second-order valence-corrected chi connectivity index (χ2v) is 4.88. The molecule has 0 aromatic rings. The lowest BCUT2D eigenvalue weighted by molar-refractivity contribution is -0.394. The second-order valence-electron chi connectivity index (χ2n) is 4.88. The number of halogens is 5. The summed E-state index contributed by atoms with van der Waals surface area (Å²) in [6, 6.07) is 0. The van der Waals surface area contributed by atoms with Gasteiger partial charge in [-0.1, -0.05) is 6.58 Å². The number of alkyl halides is 5. The van der Waals surface area contributed by atoms with Gasteiger partial charge >= 0.3 is 18.3 Å². The van der Waals surface area contributed by atoms with Gasteiger partial charge in [0.15, 0.2) is 0 Å². The first-order valence-corrected chi connectivity index (χ1v) is 6.65. The molecule has 1 heterocycles. The summed E-state index contributed by atoms with van der Waals surface area (Å²) in [4.78, 5) is 11.2. The first-order valence-electron chi connectivity index (χ1n) is 6.65. The third kappa shape index (κ3) is 5.88. The third-order valence-corrected chi connectivity index (χ3v) is 3.17. The summed E-state index contributed by atoms with van der Waals surface area (Å²) in [6.45, 7) is 3.02. The normalized spacial score (nSPS) is 18.8. The fourth-order valence-electron chi connectivity index (χ4n) is 2.00. The summed E-state index contributed by atoms with van der Waals surface area (Å²) < 4.78 is 75.2. The molecular formula is C13H17F5O4. The summed E-state index contributed by atoms with van der Waals surface area (Å²) in [6.07, 6.45) is -10.2. The molecule has 0 radical (unpaired) electrons. The molecule has 1 aliphatic heterocycles. The van der Waals surface area contributed by atoms with E-state index in [1.807, 2.05) is 0 Å². The molecule has 0 amide bonds. The third-order valence-electron chi connectivity index (χ3n) is 3.17. The quantitative estimate of drug-likeness (QED) is 0.408. The van der Waals surface area contributed by atoms with Gasteiger partial charge in [-0.3, -0.25) is 0 Å². The Kier molecular flexibility index (Phi) is 6.73. The molecule has 0 bridgehead atoms. The van der Waals surface area contributed by atoms with Crippen LogP contribution in [0.1, 0.15) is 19.3 Å². The van der Waals surface area contributed by atoms with E-state index in [-0.39, 0.29) is 12.3 Å². The zero-order valence-corrected chi connectivity index (χ0v) is 11.7. The highest BCUT2D eigenvalue weighted by molar-refractivity contribution is 5.81. The minimum Gasteiger partial charge on any atom is -0.457 e. The van der Waals surface area contributed by atoms with Gasteiger partial charge in [0.1, 0.15) is 6.10 Å². The number of ether oxygens (including phenoxy) is 3. The monoisotopic (exact) mass is 332 g/mol. The van der Waals surface area contributed by atoms with E-state index in [1.165, 1.54) is 0 Å². The van der Waals surface area contributed by atoms with E-state index in [4.69, 9.17) is 9.47 Å². The van der Waals surface area contributed by atoms with Crippen molar-refractivity contribution in [3.05, 3.63) is 12.7 Å². The van der Waals surface area contributed by atoms with Crippen molar-refractivity contribution in [3.63, 3.8) is 0 Å². The van der Waals surface area contributed by atoms with Crippen LogP contribution in [0.15, 0.2) is 12.7 Å². The Morgan fingerprint density at radius 1 is 1.27 bits per heavy atom. The zero-order valence-electron chi connectivity index (χ0n) is 11.7. The molecule has 9 heteroatoms. The minimum atomic E-state index is -5.82. The summed E-state index contributed by atoms with van der Waals surface area (Å²) in [7, 11) is 0. The van der Waals surface area contributed by atoms with E-state index in [9.17, 15) is 26.7 Å². The first-order chi connectivity index (χ1) is 10.2. The van der Waals surface area contributed by atoms with E-state index in [2.05, 4.69) is 11.3 Å². The van der Waals surface area contributed by atoms with Gasteiger partial charge in [0.2, 0.25) is 0 Å². The van der Waals surface area contributed by atoms with Gasteiger partial charge in [-0.25, -0.2) is 4.79 Å². The van der Waals surface area contributed by atoms with Crippen LogP contribution in [0.2, 0.25) is 0 Å². The fourth-order valence-corrected chi connectivity index (χ4v) is 2.00. The highest BCUT2D eigenvalue weighted by atomic mass is 19.4. The molecule has 0 spiro atoms. The largest absolute Gasteiger partial charge is 0.482 e. The van der Waals surface area contributed by atoms with Crippen LogP contribution in [-0.2, 0) is 19.0 Å². The van der Waals surface area contributed by atoms with Gasteiger partial charge < -0.3 is 14.2 Å². The molecule has 22 heavy (non-hydrogen) atoms. The van der Waals surface area contributed by atoms with E-state index in [0.29, 0.717) is 26.1 Å². The number of carbonyl (C=O) groups excluding carboxylic acids is 1. The lowest BCUT2D eigenvalue weighted by Gasteiger charge is -2.27. The number of carbonyl (C=O) groups is 1. The number of esters is 1. The van der Waals surface area contributed by atoms with Crippen LogP contribution in [0.5, 0.6) is 0 Å². The molecule has 0 saturated carbocycles. The van der Waals surface area contributed by atoms with Crippen molar-refractivity contribution in [3.8, 4) is 0 Å². The van der Waals surface area contributed by atoms with Crippen molar-refractivity contribution in [1.29, 1.82) is 0 Å². The highest BCUT2D eigenvalue weighted by Gasteiger charge is 2.59. The highest BCUT2D eigenvalue weighted by Crippen LogP contribution is 2.36. The Morgan fingerprint density at radius 2 is 1.86 bits per heavy atom. The van der Waals surface area contributed by atoms with Gasteiger partial charge in [0.05, 0.1) is 6.61 Å². The van der Waals surface area contributed by atoms with E-state index < -0.39 is 31.0 Å². The smallest absolute Gasteiger partial charge is 0.457 e. The molecule has 1 fully saturated rings. The molecule has 0 aromatic heterocycles. The standard InChI is InChI=1S/C13H17F5O4/c1-2-11(19)22-10(7-9-3-5-20-6-4-9)8-21-13(17,18)12(14,15)16/h2,9-10H,1,3-8H2. The maximum Gasteiger partial charge on any atom is 0.482 e. The van der Waals surface area contributed by atoms with Crippen molar-refractivity contribution in [2.24, 2.45) is 5.92 Å². The predicted molar refractivity (Wildman–Crippen MR) is 65.2 cm³/mol. The van der Waals surface area contributed by atoms with Crippen LogP contribution in [-0.4, -0.2) is 44.2 Å². The van der Waals surface area contributed by atoms with Crippen LogP contribution in [0.4, 0.5) is 22.0 Å². The Hall–Kier alpha value is -1.22. The Morgan fingerprint density at radius 3 is 2.36 bits per heavy atom. The predicted octanol–water partition coefficient (Wildman–Crippen LogP) is 3.07. The summed E-state index contributed by atoms with van der Waals surface area (Å²) in [5.74, 6) is -0.907. The maximum atomic E-state index is 12.8. The number of hydrogen-bond donors (Lipinski definition) is 0. The lowest BCUT2D eigenvalue weighted by atomic mass is 9.94. The molecule has 1 saturated heterocycles. The fraction of sp³-hybridized carbons (Fsp3) is 0.769. The summed E-state index contributed by atoms with van der Waals surface area (Å²) in [5.41, 5.74) is 0. The van der Waals surface area contributed by atoms with Crippen LogP contribution in [0.3, 0.4) is 0 Å². The van der Waals surface area contributed by atoms with Crippen molar-refractivity contribution >= 4 is 5.97 Å². The molecular weight excluding hydrogens is 315 g/mol. The molecule has 1 aliphatic rings. The summed E-state index contributed by atoms with van der Waals surface area (Å²) >= 11 is 0. The first kappa shape index (κ1) is 18.8. The van der Waals surface area contributed by atoms with E-state index >= 15 is 0 Å². The number of rotatable bonds is 7. The lowest BCUT2D eigenvalue weighted by Crippen LogP contribution is -2.42. The van der Waals surface area contributed by atoms with Crippen molar-refractivity contribution in [2.45, 2.75) is 37.7 Å². The Bertz CT molecular complexity index is 377. The van der Waals surface area contributed by atoms with Gasteiger partial charge in [-0.2, -0.15) is 22.0 Å². The Balaban J connectivity index is 2.61. The minimum absolute atomic E-state index is 0.000487. The average Bonchev–Trinajstić information content (AvgIpc) is 2.44. The van der Waals surface area contributed by atoms with E-state index in [1.54, 1.807) is 0 Å². The molecule has 4 nitrogen and oxygen atoms in total. The van der Waals surface area contributed by atoms with Crippen LogP contribution in [0.25, 0.3) is 0 Å². The molecule has 0 aromatic carbocycles. The van der Waals surface area contributed by atoms with E-state index in [0.717, 1.165) is 6.08 Å². The van der Waals surface area contributed by atoms with Crippen molar-refractivity contribution in [2.75, 3.05) is 19.8 Å². The summed E-state index contributed by atoms with van der Waals surface area (Å²) in [5, 5.41) is 0. The van der Waals surface area contributed by atoms with Crippen LogP contribution < -0.4 is 0 Å². The topological polar surface area (TPSA) is 44.8 Å². The van der Waals surface area contributed by atoms with Crippen LogP contribution >= 0.6 is 0 Å². The van der Waals surface area contributed by atoms with Gasteiger partial charge in [-0.15, -0.1) is 0 Å². The molecule has 0 N–H and O–H groups in total. The van der Waals surface area contributed by atoms with Crippen molar-refractivity contribution in [1.82, 2.24) is 0 Å². The Labute approximate surface area is 124 Å². The molecule has 1 atom stereocenters. The molecule has 1 unspecified atom stereocenters.